The van der Waals surface area contributed by atoms with E-state index in [1.54, 1.807) is 0 Å². The average Bonchev–Trinajstić information content (AvgIpc) is 2.39. The molecule has 1 aliphatic carbocycles. The van der Waals surface area contributed by atoms with Crippen LogP contribution < -0.4 is 4.90 Å². The zero-order valence-electron chi connectivity index (χ0n) is 9.94. The normalized spacial score (nSPS) is 29.9. The summed E-state index contributed by atoms with van der Waals surface area (Å²) in [6, 6.07) is 10.9. The fraction of sp³-hybridized carbons (Fsp3) is 0.600. The quantitative estimate of drug-likeness (QED) is 0.690. The summed E-state index contributed by atoms with van der Waals surface area (Å²) in [6.07, 6.45) is 7.32. The monoisotopic (exact) mass is 215 g/mol. The highest BCUT2D eigenvalue weighted by atomic mass is 15.1. The Morgan fingerprint density at radius 1 is 0.875 bits per heavy atom. The SMILES string of the molecule is c1ccc(N2CC[C@H]3CCCC[C@H]3C2)cc1. The summed E-state index contributed by atoms with van der Waals surface area (Å²) in [5.41, 5.74) is 1.42. The Kier molecular flexibility index (Phi) is 2.86. The number of fused-ring (bicyclic) bond motifs is 1. The van der Waals surface area contributed by atoms with Crippen LogP contribution in [0.3, 0.4) is 0 Å². The molecule has 1 heterocycles. The van der Waals surface area contributed by atoms with E-state index < -0.39 is 0 Å². The largest absolute Gasteiger partial charge is 0.371 e. The molecule has 0 aromatic heterocycles. The topological polar surface area (TPSA) is 3.24 Å². The minimum Gasteiger partial charge on any atom is -0.371 e. The van der Waals surface area contributed by atoms with Gasteiger partial charge in [0.1, 0.15) is 0 Å². The molecule has 0 bridgehead atoms. The van der Waals surface area contributed by atoms with Gasteiger partial charge in [-0.3, -0.25) is 0 Å². The first kappa shape index (κ1) is 10.2. The minimum absolute atomic E-state index is 0.975. The Labute approximate surface area is 98.5 Å². The second-order valence-corrected chi connectivity index (χ2v) is 5.37. The molecule has 3 rings (SSSR count). The molecule has 1 aromatic rings. The molecule has 2 atom stereocenters. The van der Waals surface area contributed by atoms with E-state index in [0.29, 0.717) is 0 Å². The van der Waals surface area contributed by atoms with Crippen LogP contribution in [0.5, 0.6) is 0 Å². The van der Waals surface area contributed by atoms with Crippen LogP contribution in [0.2, 0.25) is 0 Å². The van der Waals surface area contributed by atoms with Gasteiger partial charge < -0.3 is 4.90 Å². The lowest BCUT2D eigenvalue weighted by molar-refractivity contribution is 0.202. The molecule has 1 saturated heterocycles. The molecule has 1 aliphatic heterocycles. The first-order chi connectivity index (χ1) is 7.93. The van der Waals surface area contributed by atoms with Crippen molar-refractivity contribution < 1.29 is 0 Å². The Balaban J connectivity index is 1.71. The Morgan fingerprint density at radius 2 is 1.62 bits per heavy atom. The molecule has 0 unspecified atom stereocenters. The summed E-state index contributed by atoms with van der Waals surface area (Å²) in [6.45, 7) is 2.57. The van der Waals surface area contributed by atoms with Crippen molar-refractivity contribution >= 4 is 5.69 Å². The molecular formula is C15H21N. The van der Waals surface area contributed by atoms with E-state index in [0.717, 1.165) is 11.8 Å². The zero-order valence-corrected chi connectivity index (χ0v) is 9.94. The van der Waals surface area contributed by atoms with Gasteiger partial charge >= 0.3 is 0 Å². The number of anilines is 1. The molecule has 2 aliphatic rings. The first-order valence-electron chi connectivity index (χ1n) is 6.73. The van der Waals surface area contributed by atoms with Gasteiger partial charge in [-0.1, -0.05) is 37.5 Å². The second kappa shape index (κ2) is 4.48. The van der Waals surface area contributed by atoms with Gasteiger partial charge in [0.15, 0.2) is 0 Å². The summed E-state index contributed by atoms with van der Waals surface area (Å²) < 4.78 is 0. The number of nitrogens with zero attached hydrogens (tertiary/aromatic N) is 1. The van der Waals surface area contributed by atoms with Gasteiger partial charge in [0.05, 0.1) is 0 Å². The predicted octanol–water partition coefficient (Wildman–Crippen LogP) is 3.70. The number of hydrogen-bond acceptors (Lipinski definition) is 1. The van der Waals surface area contributed by atoms with E-state index in [4.69, 9.17) is 0 Å². The number of hydrogen-bond donors (Lipinski definition) is 0. The highest BCUT2D eigenvalue weighted by Crippen LogP contribution is 2.37. The van der Waals surface area contributed by atoms with E-state index in [9.17, 15) is 0 Å². The van der Waals surface area contributed by atoms with Crippen molar-refractivity contribution in [3.63, 3.8) is 0 Å². The van der Waals surface area contributed by atoms with Crippen molar-refractivity contribution in [3.8, 4) is 0 Å². The third-order valence-corrected chi connectivity index (χ3v) is 4.41. The van der Waals surface area contributed by atoms with E-state index in [1.165, 1.54) is 50.9 Å². The number of benzene rings is 1. The van der Waals surface area contributed by atoms with Crippen LogP contribution in [-0.2, 0) is 0 Å². The summed E-state index contributed by atoms with van der Waals surface area (Å²) >= 11 is 0. The third kappa shape index (κ3) is 1.95. The van der Waals surface area contributed by atoms with Crippen LogP contribution in [0.1, 0.15) is 32.1 Å². The van der Waals surface area contributed by atoms with Gasteiger partial charge in [-0.15, -0.1) is 0 Å². The average molecular weight is 215 g/mol. The molecule has 0 N–H and O–H groups in total. The number of piperidine rings is 1. The molecule has 86 valence electrons. The molecule has 1 saturated carbocycles. The Hall–Kier alpha value is -0.980. The minimum atomic E-state index is 0.975. The van der Waals surface area contributed by atoms with Crippen LogP contribution in [-0.4, -0.2) is 13.1 Å². The molecule has 16 heavy (non-hydrogen) atoms. The summed E-state index contributed by atoms with van der Waals surface area (Å²) in [4.78, 5) is 2.59. The van der Waals surface area contributed by atoms with Crippen molar-refractivity contribution in [1.82, 2.24) is 0 Å². The maximum atomic E-state index is 2.59. The smallest absolute Gasteiger partial charge is 0.0366 e. The number of para-hydroxylation sites is 1. The Bertz CT molecular complexity index is 333. The lowest BCUT2D eigenvalue weighted by Gasteiger charge is -2.42. The van der Waals surface area contributed by atoms with Gasteiger partial charge in [-0.05, 0) is 36.8 Å². The highest BCUT2D eigenvalue weighted by molar-refractivity contribution is 5.46. The van der Waals surface area contributed by atoms with Gasteiger partial charge in [-0.2, -0.15) is 0 Å². The lowest BCUT2D eigenvalue weighted by atomic mass is 9.75. The van der Waals surface area contributed by atoms with Crippen LogP contribution in [0.4, 0.5) is 5.69 Å². The van der Waals surface area contributed by atoms with Crippen molar-refractivity contribution in [2.45, 2.75) is 32.1 Å². The maximum absolute atomic E-state index is 2.59. The van der Waals surface area contributed by atoms with E-state index in [2.05, 4.69) is 35.2 Å². The first-order valence-corrected chi connectivity index (χ1v) is 6.73. The van der Waals surface area contributed by atoms with Crippen LogP contribution in [0.25, 0.3) is 0 Å². The summed E-state index contributed by atoms with van der Waals surface area (Å²) in [5, 5.41) is 0. The van der Waals surface area contributed by atoms with Crippen LogP contribution >= 0.6 is 0 Å². The van der Waals surface area contributed by atoms with E-state index in [1.807, 2.05) is 0 Å². The fourth-order valence-electron chi connectivity index (χ4n) is 3.47. The molecule has 1 heteroatoms. The van der Waals surface area contributed by atoms with Gasteiger partial charge in [0, 0.05) is 18.8 Å². The van der Waals surface area contributed by atoms with Crippen molar-refractivity contribution in [2.24, 2.45) is 11.8 Å². The zero-order chi connectivity index (χ0) is 10.8. The Morgan fingerprint density at radius 3 is 2.44 bits per heavy atom. The molecule has 1 aromatic carbocycles. The van der Waals surface area contributed by atoms with Gasteiger partial charge in [-0.25, -0.2) is 0 Å². The van der Waals surface area contributed by atoms with E-state index in [-0.39, 0.29) is 0 Å². The molecule has 1 nitrogen and oxygen atoms in total. The molecular weight excluding hydrogens is 194 g/mol. The number of rotatable bonds is 1. The molecule has 2 fully saturated rings. The van der Waals surface area contributed by atoms with Crippen molar-refractivity contribution in [2.75, 3.05) is 18.0 Å². The van der Waals surface area contributed by atoms with Gasteiger partial charge in [0.2, 0.25) is 0 Å². The third-order valence-electron chi connectivity index (χ3n) is 4.41. The van der Waals surface area contributed by atoms with Crippen molar-refractivity contribution in [3.05, 3.63) is 30.3 Å². The second-order valence-electron chi connectivity index (χ2n) is 5.37. The molecule has 0 amide bonds. The van der Waals surface area contributed by atoms with Crippen molar-refractivity contribution in [1.29, 1.82) is 0 Å². The molecule has 0 radical (unpaired) electrons. The lowest BCUT2D eigenvalue weighted by Crippen LogP contribution is -2.41. The fourth-order valence-corrected chi connectivity index (χ4v) is 3.47. The summed E-state index contributed by atoms with van der Waals surface area (Å²) in [7, 11) is 0. The van der Waals surface area contributed by atoms with Gasteiger partial charge in [0.25, 0.3) is 0 Å². The van der Waals surface area contributed by atoms with E-state index >= 15 is 0 Å². The summed E-state index contributed by atoms with van der Waals surface area (Å²) in [5.74, 6) is 2.01. The molecule has 0 spiro atoms. The highest BCUT2D eigenvalue weighted by Gasteiger charge is 2.30. The standard InChI is InChI=1S/C15H21N/c1-2-8-15(9-3-1)16-11-10-13-6-4-5-7-14(13)12-16/h1-3,8-9,13-14H,4-7,10-12H2/t13-,14+/m1/s1. The van der Waals surface area contributed by atoms with Crippen LogP contribution in [0, 0.1) is 11.8 Å². The maximum Gasteiger partial charge on any atom is 0.0366 e. The van der Waals surface area contributed by atoms with Crippen LogP contribution in [0.15, 0.2) is 30.3 Å². The predicted molar refractivity (Wildman–Crippen MR) is 68.7 cm³/mol.